The summed E-state index contributed by atoms with van der Waals surface area (Å²) in [6, 6.07) is 7.10. The van der Waals surface area contributed by atoms with Crippen molar-refractivity contribution in [1.29, 1.82) is 0 Å². The molecule has 0 radical (unpaired) electrons. The average molecular weight is 454 g/mol. The zero-order chi connectivity index (χ0) is 23.6. The molecule has 2 amide bonds. The fourth-order valence-corrected chi connectivity index (χ4v) is 3.79. The van der Waals surface area contributed by atoms with E-state index in [-0.39, 0.29) is 23.3 Å². The molecule has 0 aromatic heterocycles. The van der Waals surface area contributed by atoms with Crippen LogP contribution in [0.25, 0.3) is 0 Å². The van der Waals surface area contributed by atoms with Crippen LogP contribution < -0.4 is 0 Å². The van der Waals surface area contributed by atoms with Gasteiger partial charge in [0, 0.05) is 31.6 Å². The predicted octanol–water partition coefficient (Wildman–Crippen LogP) is 5.06. The molecule has 32 heavy (non-hydrogen) atoms. The third-order valence-electron chi connectivity index (χ3n) is 5.95. The Morgan fingerprint density at radius 1 is 1.00 bits per heavy atom. The number of hydrogen-bond acceptors (Lipinski definition) is 2. The van der Waals surface area contributed by atoms with E-state index < -0.39 is 29.4 Å². The number of carbonyl (C=O) groups excluding carboxylic acids is 2. The highest BCUT2D eigenvalue weighted by Gasteiger charge is 2.33. The molecule has 1 aliphatic rings. The molecule has 1 heterocycles. The number of amides is 2. The predicted molar refractivity (Wildman–Crippen MR) is 108 cm³/mol. The van der Waals surface area contributed by atoms with Crippen LogP contribution in [0.3, 0.4) is 0 Å². The smallest absolute Gasteiger partial charge is 0.339 e. The van der Waals surface area contributed by atoms with E-state index in [2.05, 4.69) is 0 Å². The lowest BCUT2D eigenvalue weighted by atomic mass is 9.93. The number of piperidine rings is 1. The van der Waals surface area contributed by atoms with E-state index >= 15 is 0 Å². The monoisotopic (exact) mass is 454 g/mol. The molecular formula is C23H23F5N2O2. The van der Waals surface area contributed by atoms with Crippen LogP contribution in [0.15, 0.2) is 42.5 Å². The number of hydrogen-bond donors (Lipinski definition) is 0. The zero-order valence-corrected chi connectivity index (χ0v) is 17.6. The summed E-state index contributed by atoms with van der Waals surface area (Å²) in [5, 5.41) is 0. The van der Waals surface area contributed by atoms with E-state index in [0.717, 1.165) is 36.4 Å². The molecular weight excluding hydrogens is 431 g/mol. The first-order chi connectivity index (χ1) is 15.0. The topological polar surface area (TPSA) is 40.6 Å². The van der Waals surface area contributed by atoms with Gasteiger partial charge in [0.2, 0.25) is 5.91 Å². The number of alkyl halides is 3. The molecule has 0 N–H and O–H groups in total. The highest BCUT2D eigenvalue weighted by Crippen LogP contribution is 2.30. The van der Waals surface area contributed by atoms with Gasteiger partial charge in [-0.15, -0.1) is 0 Å². The molecule has 1 saturated heterocycles. The number of halogens is 5. The van der Waals surface area contributed by atoms with Crippen molar-refractivity contribution in [3.8, 4) is 0 Å². The molecule has 1 fully saturated rings. The second-order valence-corrected chi connectivity index (χ2v) is 7.94. The molecule has 0 saturated carbocycles. The Bertz CT molecular complexity index is 983. The van der Waals surface area contributed by atoms with Crippen LogP contribution in [0, 0.1) is 17.6 Å². The SMILES string of the molecule is CC(c1ccc(F)c(F)c1)N(C)C(=O)C1CCN(C(=O)c2ccc(C(F)(F)F)cc2)CC1. The van der Waals surface area contributed by atoms with Crippen molar-refractivity contribution in [1.82, 2.24) is 9.80 Å². The fraction of sp³-hybridized carbons (Fsp3) is 0.391. The Morgan fingerprint density at radius 3 is 2.12 bits per heavy atom. The Hall–Kier alpha value is -2.97. The lowest BCUT2D eigenvalue weighted by Gasteiger charge is -2.35. The third kappa shape index (κ3) is 5.08. The Labute approximate surface area is 182 Å². The Balaban J connectivity index is 1.59. The van der Waals surface area contributed by atoms with Crippen molar-refractivity contribution in [3.05, 3.63) is 70.8 Å². The van der Waals surface area contributed by atoms with Gasteiger partial charge in [-0.05, 0) is 61.7 Å². The first-order valence-electron chi connectivity index (χ1n) is 10.2. The largest absolute Gasteiger partial charge is 0.416 e. The molecule has 0 bridgehead atoms. The number of carbonyl (C=O) groups is 2. The van der Waals surface area contributed by atoms with Crippen molar-refractivity contribution >= 4 is 11.8 Å². The van der Waals surface area contributed by atoms with E-state index in [1.54, 1.807) is 14.0 Å². The van der Waals surface area contributed by atoms with Gasteiger partial charge in [0.05, 0.1) is 11.6 Å². The molecule has 9 heteroatoms. The van der Waals surface area contributed by atoms with Crippen molar-refractivity contribution in [2.45, 2.75) is 32.0 Å². The summed E-state index contributed by atoms with van der Waals surface area (Å²) in [5.74, 6) is -2.83. The summed E-state index contributed by atoms with van der Waals surface area (Å²) >= 11 is 0. The van der Waals surface area contributed by atoms with Crippen LogP contribution in [0.4, 0.5) is 22.0 Å². The van der Waals surface area contributed by atoms with E-state index in [1.165, 1.54) is 15.9 Å². The van der Waals surface area contributed by atoms with Crippen LogP contribution in [-0.2, 0) is 11.0 Å². The zero-order valence-electron chi connectivity index (χ0n) is 17.6. The molecule has 1 aliphatic heterocycles. The number of likely N-dealkylation sites (tertiary alicyclic amines) is 1. The lowest BCUT2D eigenvalue weighted by Crippen LogP contribution is -2.44. The van der Waals surface area contributed by atoms with Gasteiger partial charge in [0.25, 0.3) is 5.91 Å². The van der Waals surface area contributed by atoms with E-state index in [9.17, 15) is 31.5 Å². The molecule has 4 nitrogen and oxygen atoms in total. The van der Waals surface area contributed by atoms with Gasteiger partial charge < -0.3 is 9.80 Å². The molecule has 3 rings (SSSR count). The van der Waals surface area contributed by atoms with Crippen molar-refractivity contribution in [2.75, 3.05) is 20.1 Å². The second-order valence-electron chi connectivity index (χ2n) is 7.94. The maximum Gasteiger partial charge on any atom is 0.416 e. The van der Waals surface area contributed by atoms with Gasteiger partial charge in [-0.1, -0.05) is 6.07 Å². The van der Waals surface area contributed by atoms with E-state index in [4.69, 9.17) is 0 Å². The fourth-order valence-electron chi connectivity index (χ4n) is 3.79. The summed E-state index contributed by atoms with van der Waals surface area (Å²) in [5.41, 5.74) is -0.196. The quantitative estimate of drug-likeness (QED) is 0.607. The molecule has 0 spiro atoms. The van der Waals surface area contributed by atoms with Crippen LogP contribution in [0.5, 0.6) is 0 Å². The molecule has 0 aliphatic carbocycles. The van der Waals surface area contributed by atoms with Gasteiger partial charge in [0.1, 0.15) is 0 Å². The highest BCUT2D eigenvalue weighted by molar-refractivity contribution is 5.94. The first kappa shape index (κ1) is 23.7. The minimum atomic E-state index is -4.47. The standard InChI is InChI=1S/C23H23F5N2O2/c1-14(17-5-8-19(24)20(25)13-17)29(2)21(31)16-9-11-30(12-10-16)22(32)15-3-6-18(7-4-15)23(26,27)28/h3-8,13-14,16H,9-12H2,1-2H3. The van der Waals surface area contributed by atoms with Crippen molar-refractivity contribution in [3.63, 3.8) is 0 Å². The minimum absolute atomic E-state index is 0.159. The van der Waals surface area contributed by atoms with Gasteiger partial charge in [0.15, 0.2) is 11.6 Å². The van der Waals surface area contributed by atoms with Crippen LogP contribution in [0.2, 0.25) is 0 Å². The summed E-state index contributed by atoms with van der Waals surface area (Å²) < 4.78 is 64.8. The van der Waals surface area contributed by atoms with Crippen molar-refractivity contribution < 1.29 is 31.5 Å². The van der Waals surface area contributed by atoms with Crippen LogP contribution in [-0.4, -0.2) is 41.8 Å². The van der Waals surface area contributed by atoms with Gasteiger partial charge in [-0.25, -0.2) is 8.78 Å². The normalized spacial score (nSPS) is 16.0. The molecule has 1 atom stereocenters. The first-order valence-corrected chi connectivity index (χ1v) is 10.2. The maximum absolute atomic E-state index is 13.5. The van der Waals surface area contributed by atoms with Crippen LogP contribution in [0.1, 0.15) is 47.3 Å². The number of rotatable bonds is 4. The molecule has 2 aromatic carbocycles. The Kier molecular flexibility index (Phi) is 6.85. The lowest BCUT2D eigenvalue weighted by molar-refractivity contribution is -0.138. The van der Waals surface area contributed by atoms with Gasteiger partial charge in [-0.2, -0.15) is 13.2 Å². The summed E-state index contributed by atoms with van der Waals surface area (Å²) in [7, 11) is 1.59. The molecule has 2 aromatic rings. The van der Waals surface area contributed by atoms with Gasteiger partial charge in [-0.3, -0.25) is 9.59 Å². The van der Waals surface area contributed by atoms with Crippen LogP contribution >= 0.6 is 0 Å². The molecule has 172 valence electrons. The summed E-state index contributed by atoms with van der Waals surface area (Å²) in [4.78, 5) is 28.5. The van der Waals surface area contributed by atoms with Gasteiger partial charge >= 0.3 is 6.18 Å². The Morgan fingerprint density at radius 2 is 1.59 bits per heavy atom. The van der Waals surface area contributed by atoms with Crippen molar-refractivity contribution in [2.24, 2.45) is 5.92 Å². The third-order valence-corrected chi connectivity index (χ3v) is 5.95. The molecule has 1 unspecified atom stereocenters. The summed E-state index contributed by atoms with van der Waals surface area (Å²) in [6.45, 7) is 2.31. The number of benzene rings is 2. The second kappa shape index (κ2) is 9.26. The number of nitrogens with zero attached hydrogens (tertiary/aromatic N) is 2. The summed E-state index contributed by atoms with van der Waals surface area (Å²) in [6.07, 6.45) is -3.66. The average Bonchev–Trinajstić information content (AvgIpc) is 2.78. The maximum atomic E-state index is 13.5. The van der Waals surface area contributed by atoms with E-state index in [0.29, 0.717) is 31.5 Å². The highest BCUT2D eigenvalue weighted by atomic mass is 19.4. The minimum Gasteiger partial charge on any atom is -0.339 e. The van der Waals surface area contributed by atoms with E-state index in [1.807, 2.05) is 0 Å².